The molecule has 3 nitrogen and oxygen atoms in total. The van der Waals surface area contributed by atoms with Gasteiger partial charge in [0.25, 0.3) is 0 Å². The van der Waals surface area contributed by atoms with Crippen LogP contribution < -0.4 is 4.74 Å². The van der Waals surface area contributed by atoms with Gasteiger partial charge >= 0.3 is 0 Å². The van der Waals surface area contributed by atoms with Crippen molar-refractivity contribution in [2.45, 2.75) is 33.0 Å². The Morgan fingerprint density at radius 1 is 1.17 bits per heavy atom. The largest absolute Gasteiger partial charge is 0.489 e. The second kappa shape index (κ2) is 6.62. The van der Waals surface area contributed by atoms with E-state index >= 15 is 0 Å². The summed E-state index contributed by atoms with van der Waals surface area (Å²) in [5.74, 6) is 0.459. The highest BCUT2D eigenvalue weighted by Gasteiger charge is 2.12. The van der Waals surface area contributed by atoms with Crippen molar-refractivity contribution in [1.29, 1.82) is 0 Å². The highest BCUT2D eigenvalue weighted by atomic mass is 35.5. The molecule has 0 spiro atoms. The van der Waals surface area contributed by atoms with Crippen LogP contribution >= 0.6 is 23.2 Å². The molecule has 0 saturated heterocycles. The Bertz CT molecular complexity index is 400. The maximum absolute atomic E-state index is 9.22. The lowest BCUT2D eigenvalue weighted by atomic mass is 10.2. The van der Waals surface area contributed by atoms with Crippen LogP contribution in [-0.4, -0.2) is 23.9 Å². The average molecular weight is 293 g/mol. The van der Waals surface area contributed by atoms with Crippen LogP contribution in [0.2, 0.25) is 10.0 Å². The van der Waals surface area contributed by atoms with E-state index in [1.807, 2.05) is 20.8 Å². The third kappa shape index (κ3) is 5.02. The molecule has 1 aromatic carbocycles. The van der Waals surface area contributed by atoms with Crippen molar-refractivity contribution < 1.29 is 14.6 Å². The number of hydrogen-bond acceptors (Lipinski definition) is 3. The van der Waals surface area contributed by atoms with Gasteiger partial charge in [-0.1, -0.05) is 23.2 Å². The summed E-state index contributed by atoms with van der Waals surface area (Å²) >= 11 is 11.9. The lowest BCUT2D eigenvalue weighted by Gasteiger charge is -2.20. The van der Waals surface area contributed by atoms with E-state index in [1.165, 1.54) is 0 Å². The molecule has 0 aliphatic carbocycles. The van der Waals surface area contributed by atoms with Crippen molar-refractivity contribution in [2.75, 3.05) is 13.2 Å². The van der Waals surface area contributed by atoms with Gasteiger partial charge in [-0.05, 0) is 32.9 Å². The standard InChI is InChI=1S/C13H18Cl2O3/c1-13(2,3)18-5-4-17-12-9(8-16)6-10(14)7-11(12)15/h6-7,16H,4-5,8H2,1-3H3. The van der Waals surface area contributed by atoms with Crippen molar-refractivity contribution in [2.24, 2.45) is 0 Å². The van der Waals surface area contributed by atoms with E-state index in [0.717, 1.165) is 0 Å². The highest BCUT2D eigenvalue weighted by Crippen LogP contribution is 2.32. The summed E-state index contributed by atoms with van der Waals surface area (Å²) in [5.41, 5.74) is 0.371. The fourth-order valence-electron chi connectivity index (χ4n) is 1.38. The number of halogens is 2. The molecule has 18 heavy (non-hydrogen) atoms. The molecular weight excluding hydrogens is 275 g/mol. The van der Waals surface area contributed by atoms with Crippen LogP contribution in [0.1, 0.15) is 26.3 Å². The van der Waals surface area contributed by atoms with Crippen LogP contribution in [0.15, 0.2) is 12.1 Å². The minimum absolute atomic E-state index is 0.171. The molecule has 0 atom stereocenters. The fourth-order valence-corrected chi connectivity index (χ4v) is 1.97. The molecule has 0 aromatic heterocycles. The minimum Gasteiger partial charge on any atom is -0.489 e. The van der Waals surface area contributed by atoms with Gasteiger partial charge in [0.2, 0.25) is 0 Å². The molecular formula is C13H18Cl2O3. The van der Waals surface area contributed by atoms with E-state index in [2.05, 4.69) is 0 Å². The van der Waals surface area contributed by atoms with E-state index in [0.29, 0.717) is 34.6 Å². The smallest absolute Gasteiger partial charge is 0.143 e. The molecule has 0 aliphatic heterocycles. The van der Waals surface area contributed by atoms with Crippen LogP contribution in [-0.2, 0) is 11.3 Å². The lowest BCUT2D eigenvalue weighted by Crippen LogP contribution is -2.22. The molecule has 0 radical (unpaired) electrons. The van der Waals surface area contributed by atoms with E-state index in [-0.39, 0.29) is 12.2 Å². The van der Waals surface area contributed by atoms with Gasteiger partial charge in [0.1, 0.15) is 12.4 Å². The molecule has 5 heteroatoms. The van der Waals surface area contributed by atoms with E-state index in [9.17, 15) is 5.11 Å². The Kier molecular flexibility index (Phi) is 5.73. The van der Waals surface area contributed by atoms with Crippen molar-refractivity contribution in [3.05, 3.63) is 27.7 Å². The molecule has 0 aliphatic rings. The van der Waals surface area contributed by atoms with E-state index in [4.69, 9.17) is 32.7 Å². The predicted octanol–water partition coefficient (Wildman–Crippen LogP) is 3.68. The topological polar surface area (TPSA) is 38.7 Å². The van der Waals surface area contributed by atoms with Gasteiger partial charge in [-0.2, -0.15) is 0 Å². The van der Waals surface area contributed by atoms with Gasteiger partial charge in [0.05, 0.1) is 23.8 Å². The van der Waals surface area contributed by atoms with Gasteiger partial charge in [-0.3, -0.25) is 0 Å². The molecule has 0 fully saturated rings. The Labute approximate surface area is 118 Å². The maximum Gasteiger partial charge on any atom is 0.143 e. The summed E-state index contributed by atoms with van der Waals surface area (Å²) in [6.07, 6.45) is 0. The van der Waals surface area contributed by atoms with Crippen LogP contribution in [0.4, 0.5) is 0 Å². The molecule has 0 bridgehead atoms. The van der Waals surface area contributed by atoms with Crippen LogP contribution in [0.5, 0.6) is 5.75 Å². The zero-order valence-corrected chi connectivity index (χ0v) is 12.3. The molecule has 1 rings (SSSR count). The molecule has 0 amide bonds. The third-order valence-electron chi connectivity index (χ3n) is 2.12. The van der Waals surface area contributed by atoms with Gasteiger partial charge in [-0.15, -0.1) is 0 Å². The van der Waals surface area contributed by atoms with Crippen molar-refractivity contribution >= 4 is 23.2 Å². The van der Waals surface area contributed by atoms with Crippen molar-refractivity contribution in [3.63, 3.8) is 0 Å². The maximum atomic E-state index is 9.22. The first-order valence-corrected chi connectivity index (χ1v) is 6.44. The number of aliphatic hydroxyl groups is 1. The quantitative estimate of drug-likeness (QED) is 0.842. The van der Waals surface area contributed by atoms with Crippen molar-refractivity contribution in [3.8, 4) is 5.75 Å². The lowest BCUT2D eigenvalue weighted by molar-refractivity contribution is -0.0164. The Balaban J connectivity index is 2.62. The number of rotatable bonds is 5. The summed E-state index contributed by atoms with van der Waals surface area (Å²) in [6.45, 7) is 6.57. The second-order valence-electron chi connectivity index (χ2n) is 4.84. The number of aliphatic hydroxyl groups excluding tert-OH is 1. The number of benzene rings is 1. The SMILES string of the molecule is CC(C)(C)OCCOc1c(Cl)cc(Cl)cc1CO. The normalized spacial score (nSPS) is 11.7. The summed E-state index contributed by atoms with van der Waals surface area (Å²) < 4.78 is 11.1. The summed E-state index contributed by atoms with van der Waals surface area (Å²) in [6, 6.07) is 3.22. The van der Waals surface area contributed by atoms with E-state index < -0.39 is 0 Å². The first-order chi connectivity index (χ1) is 8.33. The average Bonchev–Trinajstić information content (AvgIpc) is 2.24. The monoisotopic (exact) mass is 292 g/mol. The molecule has 0 heterocycles. The first-order valence-electron chi connectivity index (χ1n) is 5.69. The van der Waals surface area contributed by atoms with Gasteiger partial charge in [0, 0.05) is 10.6 Å². The Morgan fingerprint density at radius 3 is 2.39 bits per heavy atom. The fraction of sp³-hybridized carbons (Fsp3) is 0.538. The Hall–Kier alpha value is -0.480. The molecule has 1 aromatic rings. The minimum atomic E-state index is -0.201. The predicted molar refractivity (Wildman–Crippen MR) is 73.6 cm³/mol. The van der Waals surface area contributed by atoms with Gasteiger partial charge in [-0.25, -0.2) is 0 Å². The summed E-state index contributed by atoms with van der Waals surface area (Å²) in [4.78, 5) is 0. The van der Waals surface area contributed by atoms with Crippen LogP contribution in [0, 0.1) is 0 Å². The van der Waals surface area contributed by atoms with E-state index in [1.54, 1.807) is 12.1 Å². The first kappa shape index (κ1) is 15.6. The second-order valence-corrected chi connectivity index (χ2v) is 5.69. The zero-order valence-electron chi connectivity index (χ0n) is 10.8. The molecule has 102 valence electrons. The molecule has 0 saturated carbocycles. The number of ether oxygens (including phenoxy) is 2. The zero-order chi connectivity index (χ0) is 13.8. The van der Waals surface area contributed by atoms with Crippen molar-refractivity contribution in [1.82, 2.24) is 0 Å². The van der Waals surface area contributed by atoms with Crippen LogP contribution in [0.3, 0.4) is 0 Å². The van der Waals surface area contributed by atoms with Crippen LogP contribution in [0.25, 0.3) is 0 Å². The summed E-state index contributed by atoms with van der Waals surface area (Å²) in [5, 5.41) is 10.1. The van der Waals surface area contributed by atoms with Gasteiger partial charge in [0.15, 0.2) is 0 Å². The number of hydrogen-bond donors (Lipinski definition) is 1. The molecule has 0 unspecified atom stereocenters. The highest BCUT2D eigenvalue weighted by molar-refractivity contribution is 6.35. The summed E-state index contributed by atoms with van der Waals surface area (Å²) in [7, 11) is 0. The van der Waals surface area contributed by atoms with Gasteiger partial charge < -0.3 is 14.6 Å². The molecule has 1 N–H and O–H groups in total. The third-order valence-corrected chi connectivity index (χ3v) is 2.62. The Morgan fingerprint density at radius 2 is 1.83 bits per heavy atom.